The van der Waals surface area contributed by atoms with Crippen molar-refractivity contribution in [2.24, 2.45) is 5.92 Å². The lowest BCUT2D eigenvalue weighted by atomic mass is 10.0. The molecule has 0 aliphatic heterocycles. The molecule has 5 nitrogen and oxygen atoms in total. The summed E-state index contributed by atoms with van der Waals surface area (Å²) in [6.45, 7) is 10.2. The number of unbranched alkanes of at least 4 members (excludes halogenated alkanes) is 5. The third-order valence-electron chi connectivity index (χ3n) is 4.98. The van der Waals surface area contributed by atoms with Crippen LogP contribution in [0.4, 0.5) is 5.69 Å². The maximum absolute atomic E-state index is 12.3. The van der Waals surface area contributed by atoms with Crippen molar-refractivity contribution in [1.82, 2.24) is 0 Å². The second-order valence-electron chi connectivity index (χ2n) is 7.98. The van der Waals surface area contributed by atoms with Gasteiger partial charge in [-0.1, -0.05) is 74.9 Å². The first-order chi connectivity index (χ1) is 14.9. The van der Waals surface area contributed by atoms with Crippen LogP contribution in [0, 0.1) is 28.6 Å². The Balaban J connectivity index is 3.01. The first kappa shape index (κ1) is 26.7. The van der Waals surface area contributed by atoms with E-state index in [0.29, 0.717) is 10.0 Å². The number of halogens is 1. The smallest absolute Gasteiger partial charge is 0.350 e. The number of carbonyl (C=O) groups excluding carboxylic acids is 1. The molecule has 1 aromatic rings. The summed E-state index contributed by atoms with van der Waals surface area (Å²) in [5.41, 5.74) is 1.31. The lowest BCUT2D eigenvalue weighted by molar-refractivity contribution is -0.139. The van der Waals surface area contributed by atoms with Gasteiger partial charge in [0.15, 0.2) is 5.57 Å². The maximum Gasteiger partial charge on any atom is 0.350 e. The van der Waals surface area contributed by atoms with Gasteiger partial charge in [0, 0.05) is 28.8 Å². The second kappa shape index (κ2) is 14.7. The van der Waals surface area contributed by atoms with Crippen molar-refractivity contribution in [3.8, 4) is 12.1 Å². The minimum Gasteiger partial charge on any atom is -0.461 e. The topological polar surface area (TPSA) is 77.1 Å². The summed E-state index contributed by atoms with van der Waals surface area (Å²) < 4.78 is 5.84. The Labute approximate surface area is 195 Å². The molecule has 0 saturated heterocycles. The van der Waals surface area contributed by atoms with Gasteiger partial charge >= 0.3 is 5.97 Å². The molecule has 0 saturated carbocycles. The number of allylic oxidation sites excluding steroid dienone is 1. The molecule has 1 aromatic carbocycles. The highest BCUT2D eigenvalue weighted by molar-refractivity contribution is 9.10. The van der Waals surface area contributed by atoms with E-state index in [4.69, 9.17) is 4.74 Å². The fourth-order valence-corrected chi connectivity index (χ4v) is 3.79. The van der Waals surface area contributed by atoms with Crippen LogP contribution in [0.25, 0.3) is 5.57 Å². The van der Waals surface area contributed by atoms with Gasteiger partial charge in [-0.2, -0.15) is 10.5 Å². The molecule has 0 fully saturated rings. The van der Waals surface area contributed by atoms with Crippen molar-refractivity contribution < 1.29 is 9.53 Å². The Hall–Kier alpha value is -2.31. The molecule has 0 radical (unpaired) electrons. The molecule has 0 heterocycles. The summed E-state index contributed by atoms with van der Waals surface area (Å²) in [7, 11) is 0. The standard InChI is InChI=1S/C25H34BrN3O2/c1-5-7-8-9-10-11-14-29(6-2)20-12-13-21(24(26)15-20)22(16-27)23(17-28)25(30)31-18-19(3)4/h12-13,15,19H,5-11,14,18H2,1-4H3/b23-22-. The van der Waals surface area contributed by atoms with Crippen LogP contribution in [0.2, 0.25) is 0 Å². The Morgan fingerprint density at radius 3 is 2.32 bits per heavy atom. The fourth-order valence-electron chi connectivity index (χ4n) is 3.23. The molecule has 1 rings (SSSR count). The molecule has 0 bridgehead atoms. The number of ether oxygens (including phenoxy) is 1. The fraction of sp³-hybridized carbons (Fsp3) is 0.560. The molecule has 0 aliphatic carbocycles. The molecule has 0 aromatic heterocycles. The van der Waals surface area contributed by atoms with Gasteiger partial charge in [0.2, 0.25) is 0 Å². The second-order valence-corrected chi connectivity index (χ2v) is 8.83. The summed E-state index contributed by atoms with van der Waals surface area (Å²) in [6.07, 6.45) is 7.49. The van der Waals surface area contributed by atoms with Gasteiger partial charge in [-0.25, -0.2) is 4.79 Å². The summed E-state index contributed by atoms with van der Waals surface area (Å²) in [5.74, 6) is -0.617. The minimum atomic E-state index is -0.762. The number of nitriles is 2. The van der Waals surface area contributed by atoms with E-state index in [1.807, 2.05) is 38.1 Å². The van der Waals surface area contributed by atoms with Crippen LogP contribution in [0.5, 0.6) is 0 Å². The molecule has 0 unspecified atom stereocenters. The van der Waals surface area contributed by atoms with Crippen molar-refractivity contribution >= 4 is 33.2 Å². The monoisotopic (exact) mass is 487 g/mol. The van der Waals surface area contributed by atoms with Crippen LogP contribution >= 0.6 is 15.9 Å². The van der Waals surface area contributed by atoms with Crippen LogP contribution < -0.4 is 4.90 Å². The molecule has 31 heavy (non-hydrogen) atoms. The number of nitrogens with zero attached hydrogens (tertiary/aromatic N) is 3. The van der Waals surface area contributed by atoms with E-state index >= 15 is 0 Å². The van der Waals surface area contributed by atoms with Crippen LogP contribution in [0.1, 0.15) is 71.8 Å². The zero-order valence-corrected chi connectivity index (χ0v) is 20.8. The molecule has 6 heteroatoms. The number of carbonyl (C=O) groups is 1. The maximum atomic E-state index is 12.3. The first-order valence-electron chi connectivity index (χ1n) is 11.2. The van der Waals surface area contributed by atoms with E-state index in [0.717, 1.165) is 25.2 Å². The number of hydrogen-bond donors (Lipinski definition) is 0. The van der Waals surface area contributed by atoms with E-state index in [2.05, 4.69) is 34.7 Å². The first-order valence-corrected chi connectivity index (χ1v) is 11.9. The average molecular weight is 488 g/mol. The lowest BCUT2D eigenvalue weighted by Gasteiger charge is -2.24. The van der Waals surface area contributed by atoms with E-state index in [9.17, 15) is 15.3 Å². The highest BCUT2D eigenvalue weighted by Crippen LogP contribution is 2.31. The van der Waals surface area contributed by atoms with Gasteiger partial charge in [0.1, 0.15) is 12.1 Å². The quantitative estimate of drug-likeness (QED) is 0.135. The molecular weight excluding hydrogens is 454 g/mol. The van der Waals surface area contributed by atoms with E-state index < -0.39 is 5.97 Å². The molecular formula is C25H34BrN3O2. The van der Waals surface area contributed by atoms with Gasteiger partial charge < -0.3 is 9.64 Å². The zero-order valence-electron chi connectivity index (χ0n) is 19.2. The Kier molecular flexibility index (Phi) is 12.6. The number of benzene rings is 1. The molecule has 0 amide bonds. The predicted molar refractivity (Wildman–Crippen MR) is 129 cm³/mol. The lowest BCUT2D eigenvalue weighted by Crippen LogP contribution is -2.23. The Bertz CT molecular complexity index is 834. The van der Waals surface area contributed by atoms with Gasteiger partial charge in [-0.3, -0.25) is 0 Å². The van der Waals surface area contributed by atoms with Gasteiger partial charge in [-0.05, 0) is 31.4 Å². The molecule has 0 aliphatic rings. The number of anilines is 1. The molecule has 0 N–H and O–H groups in total. The van der Waals surface area contributed by atoms with Crippen LogP contribution in [-0.2, 0) is 9.53 Å². The summed E-state index contributed by atoms with van der Waals surface area (Å²) in [4.78, 5) is 14.6. The van der Waals surface area contributed by atoms with E-state index in [-0.39, 0.29) is 23.7 Å². The van der Waals surface area contributed by atoms with E-state index in [1.54, 1.807) is 6.07 Å². The van der Waals surface area contributed by atoms with Crippen LogP contribution in [0.3, 0.4) is 0 Å². The van der Waals surface area contributed by atoms with E-state index in [1.165, 1.54) is 32.1 Å². The van der Waals surface area contributed by atoms with Gasteiger partial charge in [0.05, 0.1) is 12.2 Å². The number of esters is 1. The van der Waals surface area contributed by atoms with Crippen molar-refractivity contribution in [1.29, 1.82) is 10.5 Å². The Morgan fingerprint density at radius 2 is 1.77 bits per heavy atom. The molecule has 0 spiro atoms. The van der Waals surface area contributed by atoms with Crippen molar-refractivity contribution in [3.05, 3.63) is 33.8 Å². The van der Waals surface area contributed by atoms with Gasteiger partial charge in [0.25, 0.3) is 0 Å². The highest BCUT2D eigenvalue weighted by Gasteiger charge is 2.21. The molecule has 0 atom stereocenters. The van der Waals surface area contributed by atoms with Crippen molar-refractivity contribution in [2.45, 2.75) is 66.2 Å². The highest BCUT2D eigenvalue weighted by atomic mass is 79.9. The minimum absolute atomic E-state index is 0.0219. The van der Waals surface area contributed by atoms with Gasteiger partial charge in [-0.15, -0.1) is 0 Å². The van der Waals surface area contributed by atoms with Crippen molar-refractivity contribution in [2.75, 3.05) is 24.6 Å². The predicted octanol–water partition coefficient (Wildman–Crippen LogP) is 6.64. The summed E-state index contributed by atoms with van der Waals surface area (Å²) >= 11 is 3.53. The van der Waals surface area contributed by atoms with Crippen molar-refractivity contribution in [3.63, 3.8) is 0 Å². The Morgan fingerprint density at radius 1 is 1.10 bits per heavy atom. The third kappa shape index (κ3) is 8.75. The number of rotatable bonds is 13. The normalized spacial score (nSPS) is 11.5. The average Bonchev–Trinajstić information content (AvgIpc) is 2.75. The SMILES string of the molecule is CCCCCCCCN(CC)c1ccc(/C(C#N)=C(/C#N)C(=O)OCC(C)C)c(Br)c1. The summed E-state index contributed by atoms with van der Waals surface area (Å²) in [5, 5.41) is 19.2. The third-order valence-corrected chi connectivity index (χ3v) is 5.63. The molecule has 168 valence electrons. The largest absolute Gasteiger partial charge is 0.461 e. The van der Waals surface area contributed by atoms with Crippen LogP contribution in [0.15, 0.2) is 28.2 Å². The summed E-state index contributed by atoms with van der Waals surface area (Å²) in [6, 6.07) is 9.53. The van der Waals surface area contributed by atoms with Crippen LogP contribution in [-0.4, -0.2) is 25.7 Å². The number of hydrogen-bond acceptors (Lipinski definition) is 5. The zero-order chi connectivity index (χ0) is 23.2.